The Hall–Kier alpha value is -3.72. The average molecular weight is 433 g/mol. The van der Waals surface area contributed by atoms with Gasteiger partial charge in [0, 0.05) is 11.6 Å². The van der Waals surface area contributed by atoms with Crippen LogP contribution >= 0.6 is 11.8 Å². The maximum atomic E-state index is 12.5. The number of nitrogens with one attached hydrogen (secondary N) is 1. The summed E-state index contributed by atoms with van der Waals surface area (Å²) in [7, 11) is 0. The lowest BCUT2D eigenvalue weighted by atomic mass is 10.1. The van der Waals surface area contributed by atoms with Crippen LogP contribution in [0.4, 0.5) is 5.69 Å². The van der Waals surface area contributed by atoms with Gasteiger partial charge in [-0.25, -0.2) is 0 Å². The average Bonchev–Trinajstić information content (AvgIpc) is 3.42. The van der Waals surface area contributed by atoms with Crippen LogP contribution in [0.5, 0.6) is 0 Å². The van der Waals surface area contributed by atoms with Crippen LogP contribution in [0.1, 0.15) is 21.6 Å². The van der Waals surface area contributed by atoms with Gasteiger partial charge in [-0.05, 0) is 37.1 Å². The maximum absolute atomic E-state index is 12.5. The number of hydrogen-bond donors (Lipinski definition) is 1. The number of aromatic amines is 1. The number of ketones is 1. The third-order valence-electron chi connectivity index (χ3n) is 4.93. The van der Waals surface area contributed by atoms with Gasteiger partial charge in [-0.2, -0.15) is 0 Å². The van der Waals surface area contributed by atoms with E-state index in [1.807, 2.05) is 60.9 Å². The van der Waals surface area contributed by atoms with E-state index >= 15 is 0 Å². The van der Waals surface area contributed by atoms with Gasteiger partial charge in [0.1, 0.15) is 0 Å². The summed E-state index contributed by atoms with van der Waals surface area (Å²) in [5, 5.41) is 20.1. The molecule has 4 aromatic rings. The lowest BCUT2D eigenvalue weighted by Crippen LogP contribution is -2.05. The van der Waals surface area contributed by atoms with Crippen LogP contribution in [0.2, 0.25) is 0 Å². The highest BCUT2D eigenvalue weighted by atomic mass is 32.2. The van der Waals surface area contributed by atoms with Crippen molar-refractivity contribution in [2.75, 3.05) is 5.75 Å². The Labute approximate surface area is 182 Å². The summed E-state index contributed by atoms with van der Waals surface area (Å²) in [5.74, 6) is 0.485. The zero-order valence-electron chi connectivity index (χ0n) is 16.9. The van der Waals surface area contributed by atoms with Crippen molar-refractivity contribution in [3.05, 3.63) is 87.7 Å². The second-order valence-corrected chi connectivity index (χ2v) is 7.96. The molecule has 0 aliphatic heterocycles. The van der Waals surface area contributed by atoms with Crippen LogP contribution in [0.3, 0.4) is 0 Å². The molecule has 2 heterocycles. The number of aromatic nitrogens is 4. The molecule has 2 aromatic carbocycles. The molecule has 2 aromatic heterocycles. The van der Waals surface area contributed by atoms with Crippen molar-refractivity contribution in [2.24, 2.45) is 0 Å². The monoisotopic (exact) mass is 433 g/mol. The minimum Gasteiger partial charge on any atom is -0.353 e. The van der Waals surface area contributed by atoms with Gasteiger partial charge in [0.05, 0.1) is 28.3 Å². The largest absolute Gasteiger partial charge is 0.353 e. The van der Waals surface area contributed by atoms with Crippen molar-refractivity contribution in [1.82, 2.24) is 19.7 Å². The van der Waals surface area contributed by atoms with Gasteiger partial charge in [-0.3, -0.25) is 19.5 Å². The lowest BCUT2D eigenvalue weighted by molar-refractivity contribution is -0.384. The van der Waals surface area contributed by atoms with Gasteiger partial charge in [0.15, 0.2) is 16.8 Å². The van der Waals surface area contributed by atoms with E-state index in [2.05, 4.69) is 21.2 Å². The van der Waals surface area contributed by atoms with E-state index in [1.54, 1.807) is 0 Å². The maximum Gasteiger partial charge on any atom is 0.287 e. The zero-order chi connectivity index (χ0) is 22.0. The predicted molar refractivity (Wildman–Crippen MR) is 119 cm³/mol. The van der Waals surface area contributed by atoms with Crippen molar-refractivity contribution < 1.29 is 9.72 Å². The highest BCUT2D eigenvalue weighted by molar-refractivity contribution is 7.99. The van der Waals surface area contributed by atoms with Gasteiger partial charge in [-0.15, -0.1) is 10.2 Å². The number of rotatable bonds is 7. The summed E-state index contributed by atoms with van der Waals surface area (Å²) in [6.07, 6.45) is 1.21. The first-order valence-corrected chi connectivity index (χ1v) is 10.5. The number of carbonyl (C=O) groups excluding carboxylic acids is 1. The highest BCUT2D eigenvalue weighted by Gasteiger charge is 2.19. The second kappa shape index (κ2) is 8.57. The Morgan fingerprint density at radius 3 is 2.55 bits per heavy atom. The fourth-order valence-electron chi connectivity index (χ4n) is 3.09. The number of Topliss-reactive ketones (excluding diaryl/α,β-unsaturated/α-hetero) is 1. The molecule has 0 saturated carbocycles. The van der Waals surface area contributed by atoms with Crippen LogP contribution in [0, 0.1) is 24.0 Å². The molecule has 0 amide bonds. The molecule has 0 radical (unpaired) electrons. The first-order valence-electron chi connectivity index (χ1n) is 9.51. The SMILES string of the molecule is Cc1ccc(-n2c(SCC(=O)c3cc([N+](=O)[O-])c[nH]3)nnc2-c2ccccc2)cc1C. The molecule has 1 N–H and O–H groups in total. The number of hydrogen-bond acceptors (Lipinski definition) is 6. The molecule has 0 aliphatic rings. The molecule has 9 heteroatoms. The van der Waals surface area contributed by atoms with Crippen LogP contribution in [0.25, 0.3) is 17.1 Å². The number of nitro groups is 1. The highest BCUT2D eigenvalue weighted by Crippen LogP contribution is 2.29. The summed E-state index contributed by atoms with van der Waals surface area (Å²) in [6.45, 7) is 4.09. The van der Waals surface area contributed by atoms with Gasteiger partial charge in [0.2, 0.25) is 0 Å². The van der Waals surface area contributed by atoms with Crippen LogP contribution in [-0.4, -0.2) is 36.2 Å². The Balaban J connectivity index is 1.67. The van der Waals surface area contributed by atoms with E-state index < -0.39 is 4.92 Å². The number of benzene rings is 2. The van der Waals surface area contributed by atoms with E-state index in [1.165, 1.54) is 29.6 Å². The third kappa shape index (κ3) is 4.26. The van der Waals surface area contributed by atoms with E-state index in [-0.39, 0.29) is 22.9 Å². The van der Waals surface area contributed by atoms with Crippen molar-refractivity contribution in [3.63, 3.8) is 0 Å². The summed E-state index contributed by atoms with van der Waals surface area (Å²) < 4.78 is 1.93. The Kier molecular flexibility index (Phi) is 5.68. The summed E-state index contributed by atoms with van der Waals surface area (Å²) >= 11 is 1.24. The molecule has 0 fully saturated rings. The van der Waals surface area contributed by atoms with Gasteiger partial charge in [0.25, 0.3) is 5.69 Å². The van der Waals surface area contributed by atoms with Gasteiger partial charge < -0.3 is 4.98 Å². The lowest BCUT2D eigenvalue weighted by Gasteiger charge is -2.12. The minimum atomic E-state index is -0.539. The molecule has 0 unspecified atom stereocenters. The molecule has 0 spiro atoms. The fourth-order valence-corrected chi connectivity index (χ4v) is 3.93. The Morgan fingerprint density at radius 1 is 1.10 bits per heavy atom. The van der Waals surface area contributed by atoms with Crippen molar-refractivity contribution in [2.45, 2.75) is 19.0 Å². The van der Waals surface area contributed by atoms with Gasteiger partial charge in [-0.1, -0.05) is 48.2 Å². The quantitative estimate of drug-likeness (QED) is 0.195. The van der Waals surface area contributed by atoms with E-state index in [4.69, 9.17) is 0 Å². The summed E-state index contributed by atoms with van der Waals surface area (Å²) in [6, 6.07) is 17.1. The standard InChI is InChI=1S/C22H19N5O3S/c1-14-8-9-17(10-15(14)2)26-21(16-6-4-3-5-7-16)24-25-22(26)31-13-20(28)19-11-18(12-23-19)27(29)30/h3-12,23H,13H2,1-2H3. The molecule has 0 atom stereocenters. The fraction of sp³-hybridized carbons (Fsp3) is 0.136. The second-order valence-electron chi connectivity index (χ2n) is 7.02. The minimum absolute atomic E-state index is 0.0649. The topological polar surface area (TPSA) is 107 Å². The predicted octanol–water partition coefficient (Wildman–Crippen LogP) is 4.76. The molecule has 0 bridgehead atoms. The molecule has 31 heavy (non-hydrogen) atoms. The smallest absolute Gasteiger partial charge is 0.287 e. The molecule has 0 aliphatic carbocycles. The number of aryl methyl sites for hydroxylation is 2. The molecular weight excluding hydrogens is 414 g/mol. The first kappa shape index (κ1) is 20.5. The zero-order valence-corrected chi connectivity index (χ0v) is 17.7. The van der Waals surface area contributed by atoms with E-state index in [0.29, 0.717) is 11.0 Å². The van der Waals surface area contributed by atoms with Crippen molar-refractivity contribution in [3.8, 4) is 17.1 Å². The number of thioether (sulfide) groups is 1. The van der Waals surface area contributed by atoms with E-state index in [9.17, 15) is 14.9 Å². The number of carbonyl (C=O) groups is 1. The summed E-state index contributed by atoms with van der Waals surface area (Å²) in [5.41, 5.74) is 4.17. The molecular formula is C22H19N5O3S. The third-order valence-corrected chi connectivity index (χ3v) is 5.85. The number of nitrogens with zero attached hydrogens (tertiary/aromatic N) is 4. The Bertz CT molecular complexity index is 1260. The van der Waals surface area contributed by atoms with E-state index in [0.717, 1.165) is 16.8 Å². The molecule has 4 rings (SSSR count). The molecule has 0 saturated heterocycles. The van der Waals surface area contributed by atoms with Crippen molar-refractivity contribution >= 4 is 23.2 Å². The van der Waals surface area contributed by atoms with Gasteiger partial charge >= 0.3 is 0 Å². The molecule has 8 nitrogen and oxygen atoms in total. The van der Waals surface area contributed by atoms with Crippen LogP contribution < -0.4 is 0 Å². The molecule has 156 valence electrons. The number of H-pyrrole nitrogens is 1. The van der Waals surface area contributed by atoms with Crippen molar-refractivity contribution in [1.29, 1.82) is 0 Å². The Morgan fingerprint density at radius 2 is 1.87 bits per heavy atom. The first-order chi connectivity index (χ1) is 14.9. The van der Waals surface area contributed by atoms with Crippen LogP contribution in [0.15, 0.2) is 66.0 Å². The summed E-state index contributed by atoms with van der Waals surface area (Å²) in [4.78, 5) is 25.5. The van der Waals surface area contributed by atoms with Crippen LogP contribution in [-0.2, 0) is 0 Å². The normalized spacial score (nSPS) is 10.9.